The molecule has 1 aliphatic heterocycles. The van der Waals surface area contributed by atoms with E-state index in [1.807, 2.05) is 50.4 Å². The summed E-state index contributed by atoms with van der Waals surface area (Å²) in [6, 6.07) is 8.25. The van der Waals surface area contributed by atoms with E-state index in [2.05, 4.69) is 15.1 Å². The number of aromatic nitrogens is 2. The molecule has 1 fully saturated rings. The van der Waals surface area contributed by atoms with Crippen molar-refractivity contribution >= 4 is 16.1 Å². The molecule has 27 heavy (non-hydrogen) atoms. The molecule has 0 radical (unpaired) electrons. The molecule has 1 aliphatic rings. The number of rotatable bonds is 5. The number of carbonyl (C=O) groups is 1. The van der Waals surface area contributed by atoms with E-state index in [0.717, 1.165) is 21.1 Å². The minimum Gasteiger partial charge on any atom is -0.351 e. The fraction of sp³-hybridized carbons (Fsp3) is 0.444. The van der Waals surface area contributed by atoms with Crippen LogP contribution in [0.5, 0.6) is 0 Å². The van der Waals surface area contributed by atoms with Crippen LogP contribution >= 0.6 is 0 Å². The Morgan fingerprint density at radius 3 is 2.67 bits per heavy atom. The van der Waals surface area contributed by atoms with Crippen LogP contribution in [0.1, 0.15) is 36.2 Å². The molecule has 9 heteroatoms. The van der Waals surface area contributed by atoms with Crippen molar-refractivity contribution in [1.29, 1.82) is 0 Å². The average Bonchev–Trinajstić information content (AvgIpc) is 3.03. The Kier molecular flexibility index (Phi) is 5.64. The third-order valence-electron chi connectivity index (χ3n) is 4.86. The summed E-state index contributed by atoms with van der Waals surface area (Å²) in [5, 5.41) is 7.23. The number of benzene rings is 1. The van der Waals surface area contributed by atoms with Gasteiger partial charge in [-0.2, -0.15) is 22.5 Å². The Hall–Kier alpha value is -2.23. The number of hydrogen-bond acceptors (Lipinski definition) is 4. The van der Waals surface area contributed by atoms with E-state index in [1.165, 1.54) is 7.05 Å². The molecule has 0 spiro atoms. The van der Waals surface area contributed by atoms with Crippen LogP contribution in [0.25, 0.3) is 0 Å². The Morgan fingerprint density at radius 2 is 2.04 bits per heavy atom. The Bertz CT molecular complexity index is 910. The maximum atomic E-state index is 12.7. The molecule has 0 bridgehead atoms. The van der Waals surface area contributed by atoms with Crippen molar-refractivity contribution in [2.24, 2.45) is 0 Å². The normalized spacial score (nSPS) is 22.5. The largest absolute Gasteiger partial charge is 0.351 e. The molecule has 0 aliphatic carbocycles. The second kappa shape index (κ2) is 7.79. The van der Waals surface area contributed by atoms with Crippen molar-refractivity contribution in [1.82, 2.24) is 24.1 Å². The van der Waals surface area contributed by atoms with Gasteiger partial charge < -0.3 is 5.32 Å². The number of likely N-dealkylation sites (N-methyl/N-ethyl adjacent to an activating group) is 1. The first kappa shape index (κ1) is 19.5. The number of aryl methyl sites for hydroxylation is 2. The monoisotopic (exact) mass is 391 g/mol. The number of nitrogens with one attached hydrogen (secondary N) is 2. The van der Waals surface area contributed by atoms with E-state index in [9.17, 15) is 13.2 Å². The second-order valence-electron chi connectivity index (χ2n) is 6.67. The molecule has 2 N–H and O–H groups in total. The Balaban J connectivity index is 1.78. The molecular weight excluding hydrogens is 366 g/mol. The highest BCUT2D eigenvalue weighted by Crippen LogP contribution is 2.29. The van der Waals surface area contributed by atoms with Crippen LogP contribution in [0, 0.1) is 6.92 Å². The van der Waals surface area contributed by atoms with E-state index in [0.29, 0.717) is 19.5 Å². The molecule has 2 unspecified atom stereocenters. The fourth-order valence-corrected chi connectivity index (χ4v) is 4.52. The standard InChI is InChI=1S/C18H25N5O3S/c1-4-23-12-15(13(2)20-23)16-10-17(22(3)27(25,26)21-16)18(24)19-11-14-8-6-5-7-9-14/h5-9,12,16-17,21H,4,10-11H2,1-3H3,(H,19,24). The van der Waals surface area contributed by atoms with Crippen LogP contribution in [0.15, 0.2) is 36.5 Å². The predicted molar refractivity (Wildman–Crippen MR) is 102 cm³/mol. The summed E-state index contributed by atoms with van der Waals surface area (Å²) >= 11 is 0. The maximum absolute atomic E-state index is 12.7. The lowest BCUT2D eigenvalue weighted by Crippen LogP contribution is -2.57. The third-order valence-corrected chi connectivity index (χ3v) is 6.46. The van der Waals surface area contributed by atoms with Crippen LogP contribution < -0.4 is 10.0 Å². The van der Waals surface area contributed by atoms with Gasteiger partial charge in [0.05, 0.1) is 11.7 Å². The van der Waals surface area contributed by atoms with Crippen LogP contribution in [-0.4, -0.2) is 41.5 Å². The smallest absolute Gasteiger partial charge is 0.280 e. The molecule has 1 aromatic heterocycles. The molecule has 1 saturated heterocycles. The molecule has 1 aromatic carbocycles. The zero-order valence-electron chi connectivity index (χ0n) is 15.7. The zero-order valence-corrected chi connectivity index (χ0v) is 16.5. The van der Waals surface area contributed by atoms with Gasteiger partial charge in [-0.1, -0.05) is 30.3 Å². The summed E-state index contributed by atoms with van der Waals surface area (Å²) in [6.07, 6.45) is 2.18. The third kappa shape index (κ3) is 4.20. The maximum Gasteiger partial charge on any atom is 0.280 e. The quantitative estimate of drug-likeness (QED) is 0.798. The highest BCUT2D eigenvalue weighted by atomic mass is 32.2. The summed E-state index contributed by atoms with van der Waals surface area (Å²) in [5.41, 5.74) is 2.52. The zero-order chi connectivity index (χ0) is 19.6. The number of carbonyl (C=O) groups excluding carboxylic acids is 1. The average molecular weight is 391 g/mol. The van der Waals surface area contributed by atoms with Gasteiger partial charge in [-0.15, -0.1) is 0 Å². The van der Waals surface area contributed by atoms with Gasteiger partial charge in [-0.25, -0.2) is 0 Å². The van der Waals surface area contributed by atoms with Crippen LogP contribution in [0.3, 0.4) is 0 Å². The van der Waals surface area contributed by atoms with E-state index in [-0.39, 0.29) is 5.91 Å². The summed E-state index contributed by atoms with van der Waals surface area (Å²) in [6.45, 7) is 4.86. The molecule has 2 heterocycles. The molecule has 146 valence electrons. The van der Waals surface area contributed by atoms with E-state index in [1.54, 1.807) is 4.68 Å². The van der Waals surface area contributed by atoms with Gasteiger partial charge in [-0.05, 0) is 25.8 Å². The first-order valence-electron chi connectivity index (χ1n) is 8.92. The molecule has 2 atom stereocenters. The highest BCUT2D eigenvalue weighted by molar-refractivity contribution is 7.87. The van der Waals surface area contributed by atoms with E-state index >= 15 is 0 Å². The van der Waals surface area contributed by atoms with Crippen molar-refractivity contribution in [3.63, 3.8) is 0 Å². The van der Waals surface area contributed by atoms with Crippen LogP contribution in [0.4, 0.5) is 0 Å². The Labute approximate surface area is 159 Å². The lowest BCUT2D eigenvalue weighted by molar-refractivity contribution is -0.125. The molecule has 1 amide bonds. The number of hydrogen-bond donors (Lipinski definition) is 2. The van der Waals surface area contributed by atoms with Crippen molar-refractivity contribution in [2.45, 2.75) is 45.4 Å². The minimum absolute atomic E-state index is 0.308. The highest BCUT2D eigenvalue weighted by Gasteiger charge is 2.41. The van der Waals surface area contributed by atoms with Crippen molar-refractivity contribution in [3.05, 3.63) is 53.3 Å². The minimum atomic E-state index is -3.76. The topological polar surface area (TPSA) is 96.3 Å². The van der Waals surface area contributed by atoms with E-state index < -0.39 is 22.3 Å². The van der Waals surface area contributed by atoms with Crippen LogP contribution in [-0.2, 0) is 28.1 Å². The lowest BCUT2D eigenvalue weighted by atomic mass is 10.00. The van der Waals surface area contributed by atoms with Gasteiger partial charge >= 0.3 is 0 Å². The molecular formula is C18H25N5O3S. The predicted octanol–water partition coefficient (Wildman–Crippen LogP) is 1.11. The second-order valence-corrected chi connectivity index (χ2v) is 8.43. The van der Waals surface area contributed by atoms with Gasteiger partial charge in [0.15, 0.2) is 0 Å². The van der Waals surface area contributed by atoms with Crippen molar-refractivity contribution in [3.8, 4) is 0 Å². The van der Waals surface area contributed by atoms with Crippen LogP contribution in [0.2, 0.25) is 0 Å². The number of nitrogens with zero attached hydrogens (tertiary/aromatic N) is 3. The SMILES string of the molecule is CCn1cc(C2CC(C(=O)NCc3ccccc3)N(C)S(=O)(=O)N2)c(C)n1. The van der Waals surface area contributed by atoms with Gasteiger partial charge in [0.2, 0.25) is 5.91 Å². The van der Waals surface area contributed by atoms with Gasteiger partial charge in [-0.3, -0.25) is 9.48 Å². The van der Waals surface area contributed by atoms with Gasteiger partial charge in [0.1, 0.15) is 6.04 Å². The number of amides is 1. The summed E-state index contributed by atoms with van der Waals surface area (Å²) < 4.78 is 30.6. The molecule has 0 saturated carbocycles. The first-order valence-corrected chi connectivity index (χ1v) is 10.4. The van der Waals surface area contributed by atoms with Gasteiger partial charge in [0, 0.05) is 31.9 Å². The molecule has 8 nitrogen and oxygen atoms in total. The summed E-state index contributed by atoms with van der Waals surface area (Å²) in [4.78, 5) is 12.7. The molecule has 3 rings (SSSR count). The van der Waals surface area contributed by atoms with Crippen molar-refractivity contribution in [2.75, 3.05) is 7.05 Å². The summed E-state index contributed by atoms with van der Waals surface area (Å²) in [5.74, 6) is -0.308. The van der Waals surface area contributed by atoms with E-state index in [4.69, 9.17) is 0 Å². The lowest BCUT2D eigenvalue weighted by Gasteiger charge is -2.36. The molecule has 2 aromatic rings. The first-order chi connectivity index (χ1) is 12.8. The Morgan fingerprint density at radius 1 is 1.33 bits per heavy atom. The van der Waals surface area contributed by atoms with Gasteiger partial charge in [0.25, 0.3) is 10.2 Å². The van der Waals surface area contributed by atoms with Crippen molar-refractivity contribution < 1.29 is 13.2 Å². The fourth-order valence-electron chi connectivity index (χ4n) is 3.25. The summed E-state index contributed by atoms with van der Waals surface area (Å²) in [7, 11) is -2.34.